The molecule has 1 saturated heterocycles. The van der Waals surface area contributed by atoms with Crippen LogP contribution in [-0.4, -0.2) is 55.6 Å². The minimum absolute atomic E-state index is 0.00368. The van der Waals surface area contributed by atoms with Gasteiger partial charge in [0.15, 0.2) is 9.84 Å². The van der Waals surface area contributed by atoms with Crippen molar-refractivity contribution < 1.29 is 58.2 Å². The van der Waals surface area contributed by atoms with Gasteiger partial charge < -0.3 is 14.7 Å². The fourth-order valence-corrected chi connectivity index (χ4v) is 6.34. The Morgan fingerprint density at radius 3 is 1.95 bits per heavy atom. The Labute approximate surface area is 218 Å². The second-order valence-corrected chi connectivity index (χ2v) is 12.3. The molecule has 1 unspecified atom stereocenters. The van der Waals surface area contributed by atoms with E-state index in [1.54, 1.807) is 0 Å². The van der Waals surface area contributed by atoms with Crippen molar-refractivity contribution >= 4 is 15.9 Å². The Balaban J connectivity index is 2.22. The number of amides is 1. The summed E-state index contributed by atoms with van der Waals surface area (Å²) in [6.07, 6.45) is -14.2. The number of rotatable bonds is 4. The number of hydrogen-bond donors (Lipinski definition) is 1. The predicted octanol–water partition coefficient (Wildman–Crippen LogP) is 5.59. The third kappa shape index (κ3) is 5.30. The molecule has 1 aliphatic heterocycles. The van der Waals surface area contributed by atoms with E-state index in [4.69, 9.17) is 4.74 Å². The molecule has 15 heteroatoms. The van der Waals surface area contributed by atoms with Gasteiger partial charge in [-0.2, -0.15) is 26.3 Å². The molecule has 1 heterocycles. The zero-order valence-corrected chi connectivity index (χ0v) is 21.4. The summed E-state index contributed by atoms with van der Waals surface area (Å²) in [5, 5.41) is 9.63. The fraction of sp³-hybridized carbons (Fsp3) is 0.458. The van der Waals surface area contributed by atoms with E-state index in [1.165, 1.54) is 20.8 Å². The molecule has 0 aromatic heterocycles. The van der Waals surface area contributed by atoms with Gasteiger partial charge in [-0.25, -0.2) is 22.0 Å². The highest BCUT2D eigenvalue weighted by Crippen LogP contribution is 2.52. The summed E-state index contributed by atoms with van der Waals surface area (Å²) in [4.78, 5) is 13.1. The van der Waals surface area contributed by atoms with Crippen LogP contribution in [0.15, 0.2) is 47.4 Å². The maximum absolute atomic E-state index is 15.0. The lowest BCUT2D eigenvalue weighted by Crippen LogP contribution is -2.54. The van der Waals surface area contributed by atoms with Gasteiger partial charge in [0.1, 0.15) is 22.0 Å². The molecule has 6 nitrogen and oxygen atoms in total. The molecular formula is C24H23F8NO5S. The van der Waals surface area contributed by atoms with Crippen molar-refractivity contribution in [2.75, 3.05) is 13.1 Å². The van der Waals surface area contributed by atoms with E-state index in [1.807, 2.05) is 0 Å². The van der Waals surface area contributed by atoms with Crippen LogP contribution < -0.4 is 0 Å². The van der Waals surface area contributed by atoms with Gasteiger partial charge in [-0.05, 0) is 63.1 Å². The average Bonchev–Trinajstić information content (AvgIpc) is 3.24. The number of carbonyl (C=O) groups is 1. The SMILES string of the molecule is CC(C)(C)OC(=O)N1CCC(c2ccc(C(O)(C(F)(F)F)C(F)(F)F)c(F)c2)(S(=O)(=O)c2ccc(F)cc2)C1. The normalized spacial score (nSPS) is 19.3. The molecule has 1 amide bonds. The first-order valence-corrected chi connectivity index (χ1v) is 12.7. The van der Waals surface area contributed by atoms with Crippen molar-refractivity contribution in [2.24, 2.45) is 0 Å². The van der Waals surface area contributed by atoms with Crippen molar-refractivity contribution in [1.82, 2.24) is 4.90 Å². The summed E-state index contributed by atoms with van der Waals surface area (Å²) < 4.78 is 139. The molecule has 216 valence electrons. The molecule has 1 atom stereocenters. The van der Waals surface area contributed by atoms with Crippen molar-refractivity contribution in [3.63, 3.8) is 0 Å². The standard InChI is InChI=1S/C24H23F8NO5S/c1-20(2,3)38-19(34)33-11-10-21(13-33,39(36,37)16-7-5-15(25)6-8-16)14-4-9-17(18(26)12-14)22(35,23(27,28)29)24(30,31)32/h4-9,12,35H,10-11,13H2,1-3H3. The number of carbonyl (C=O) groups excluding carboxylic acids is 1. The summed E-state index contributed by atoms with van der Waals surface area (Å²) in [5.74, 6) is -2.99. The molecule has 39 heavy (non-hydrogen) atoms. The Morgan fingerprint density at radius 1 is 0.949 bits per heavy atom. The minimum atomic E-state index is -6.38. The third-order valence-electron chi connectivity index (χ3n) is 6.23. The molecule has 2 aromatic carbocycles. The van der Waals surface area contributed by atoms with Crippen LogP contribution >= 0.6 is 0 Å². The lowest BCUT2D eigenvalue weighted by atomic mass is 9.88. The lowest BCUT2D eigenvalue weighted by Gasteiger charge is -2.34. The number of sulfone groups is 1. The third-order valence-corrected chi connectivity index (χ3v) is 8.72. The van der Waals surface area contributed by atoms with Crippen molar-refractivity contribution in [3.05, 3.63) is 65.2 Å². The van der Waals surface area contributed by atoms with Gasteiger partial charge in [-0.1, -0.05) is 12.1 Å². The Morgan fingerprint density at radius 2 is 1.49 bits per heavy atom. The topological polar surface area (TPSA) is 83.9 Å². The van der Waals surface area contributed by atoms with Crippen molar-refractivity contribution in [3.8, 4) is 0 Å². The predicted molar refractivity (Wildman–Crippen MR) is 120 cm³/mol. The molecule has 1 aliphatic rings. The van der Waals surface area contributed by atoms with Crippen LogP contribution in [0, 0.1) is 11.6 Å². The van der Waals surface area contributed by atoms with E-state index in [0.717, 1.165) is 29.2 Å². The highest BCUT2D eigenvalue weighted by Gasteiger charge is 2.72. The maximum atomic E-state index is 15.0. The number of aliphatic hydroxyl groups is 1. The number of alkyl halides is 6. The first kappa shape index (κ1) is 30.6. The van der Waals surface area contributed by atoms with E-state index >= 15 is 4.39 Å². The molecule has 2 aromatic rings. The lowest BCUT2D eigenvalue weighted by molar-refractivity contribution is -0.377. The molecule has 3 rings (SSSR count). The first-order valence-electron chi connectivity index (χ1n) is 11.2. The second kappa shape index (κ2) is 9.61. The monoisotopic (exact) mass is 589 g/mol. The molecule has 1 N–H and O–H groups in total. The smallest absolute Gasteiger partial charge is 0.430 e. The van der Waals surface area contributed by atoms with Gasteiger partial charge in [0, 0.05) is 18.7 Å². The molecule has 0 bridgehead atoms. The Hall–Kier alpha value is -2.94. The quantitative estimate of drug-likeness (QED) is 0.372. The summed E-state index contributed by atoms with van der Waals surface area (Å²) in [6.45, 7) is 3.57. The van der Waals surface area contributed by atoms with E-state index in [9.17, 15) is 49.1 Å². The first-order chi connectivity index (χ1) is 17.6. The highest BCUT2D eigenvalue weighted by atomic mass is 32.2. The van der Waals surface area contributed by atoms with Gasteiger partial charge in [0.05, 0.1) is 4.90 Å². The molecule has 0 aliphatic carbocycles. The number of ether oxygens (including phenoxy) is 1. The van der Waals surface area contributed by atoms with Crippen LogP contribution in [0.4, 0.5) is 39.9 Å². The van der Waals surface area contributed by atoms with Crippen LogP contribution in [0.2, 0.25) is 0 Å². The number of halogens is 8. The molecule has 0 spiro atoms. The van der Waals surface area contributed by atoms with E-state index in [2.05, 4.69) is 0 Å². The fourth-order valence-electron chi connectivity index (χ4n) is 4.27. The van der Waals surface area contributed by atoms with Gasteiger partial charge in [0.2, 0.25) is 0 Å². The summed E-state index contributed by atoms with van der Waals surface area (Å²) in [7, 11) is -4.69. The van der Waals surface area contributed by atoms with Crippen LogP contribution in [0.25, 0.3) is 0 Å². The van der Waals surface area contributed by atoms with Gasteiger partial charge in [-0.15, -0.1) is 0 Å². The summed E-state index contributed by atoms with van der Waals surface area (Å²) in [6, 6.07) is 4.02. The van der Waals surface area contributed by atoms with Gasteiger partial charge >= 0.3 is 18.4 Å². The largest absolute Gasteiger partial charge is 0.444 e. The van der Waals surface area contributed by atoms with Gasteiger partial charge in [-0.3, -0.25) is 0 Å². The second-order valence-electron chi connectivity index (χ2n) is 10.0. The molecule has 1 fully saturated rings. The van der Waals surface area contributed by atoms with Crippen LogP contribution in [0.1, 0.15) is 38.3 Å². The molecule has 0 radical (unpaired) electrons. The number of hydrogen-bond acceptors (Lipinski definition) is 5. The Bertz CT molecular complexity index is 1340. The molecular weight excluding hydrogens is 566 g/mol. The van der Waals surface area contributed by atoms with Crippen molar-refractivity contribution in [1.29, 1.82) is 0 Å². The number of likely N-dealkylation sites (tertiary alicyclic amines) is 1. The average molecular weight is 590 g/mol. The highest BCUT2D eigenvalue weighted by molar-refractivity contribution is 7.92. The van der Waals surface area contributed by atoms with Crippen LogP contribution in [0.3, 0.4) is 0 Å². The number of nitrogens with zero attached hydrogens (tertiary/aromatic N) is 1. The van der Waals surface area contributed by atoms with E-state index in [0.29, 0.717) is 6.07 Å². The van der Waals surface area contributed by atoms with Gasteiger partial charge in [0.25, 0.3) is 5.60 Å². The zero-order chi connectivity index (χ0) is 29.8. The zero-order valence-electron chi connectivity index (χ0n) is 20.6. The summed E-state index contributed by atoms with van der Waals surface area (Å²) >= 11 is 0. The summed E-state index contributed by atoms with van der Waals surface area (Å²) in [5.41, 5.74) is -9.39. The minimum Gasteiger partial charge on any atom is -0.444 e. The van der Waals surface area contributed by atoms with E-state index in [-0.39, 0.29) is 18.7 Å². The molecule has 0 saturated carbocycles. The van der Waals surface area contributed by atoms with Crippen molar-refractivity contribution in [2.45, 2.75) is 60.4 Å². The van der Waals surface area contributed by atoms with Crippen LogP contribution in [0.5, 0.6) is 0 Å². The number of benzene rings is 2. The van der Waals surface area contributed by atoms with Crippen LogP contribution in [-0.2, 0) is 24.9 Å². The van der Waals surface area contributed by atoms with E-state index < -0.39 is 84.9 Å². The maximum Gasteiger partial charge on any atom is 0.430 e. The Kier molecular flexibility index (Phi) is 7.54.